The van der Waals surface area contributed by atoms with Gasteiger partial charge in [-0.25, -0.2) is 0 Å². The number of likely N-dealkylation sites (tertiary alicyclic amines) is 1. The minimum atomic E-state index is 0.138. The molecule has 1 unspecified atom stereocenters. The SMILES string of the molecule is COc1cccc(SCC(=O)N2CCCC(N)C2)c1. The van der Waals surface area contributed by atoms with Gasteiger partial charge in [0.2, 0.25) is 5.91 Å². The van der Waals surface area contributed by atoms with E-state index < -0.39 is 0 Å². The standard InChI is InChI=1S/C14H20N2O2S/c1-18-12-5-2-6-13(8-12)19-10-14(17)16-7-3-4-11(15)9-16/h2,5-6,8,11H,3-4,7,9-10,15H2,1H3. The van der Waals surface area contributed by atoms with Crippen LogP contribution in [0.5, 0.6) is 5.75 Å². The van der Waals surface area contributed by atoms with Crippen LogP contribution in [-0.4, -0.2) is 42.8 Å². The van der Waals surface area contributed by atoms with Crippen LogP contribution in [0.2, 0.25) is 0 Å². The van der Waals surface area contributed by atoms with Gasteiger partial charge in [-0.3, -0.25) is 4.79 Å². The van der Waals surface area contributed by atoms with Crippen LogP contribution in [0.1, 0.15) is 12.8 Å². The minimum Gasteiger partial charge on any atom is -0.497 e. The zero-order valence-electron chi connectivity index (χ0n) is 11.2. The lowest BCUT2D eigenvalue weighted by Gasteiger charge is -2.30. The summed E-state index contributed by atoms with van der Waals surface area (Å²) in [7, 11) is 1.64. The number of nitrogens with two attached hydrogens (primary N) is 1. The molecule has 0 bridgehead atoms. The van der Waals surface area contributed by atoms with Gasteiger partial charge in [-0.15, -0.1) is 11.8 Å². The van der Waals surface area contributed by atoms with Crippen molar-refractivity contribution < 1.29 is 9.53 Å². The van der Waals surface area contributed by atoms with Crippen molar-refractivity contribution in [3.05, 3.63) is 24.3 Å². The number of piperidine rings is 1. The Morgan fingerprint density at radius 3 is 3.16 bits per heavy atom. The van der Waals surface area contributed by atoms with E-state index in [1.54, 1.807) is 18.9 Å². The number of hydrogen-bond donors (Lipinski definition) is 1. The first-order chi connectivity index (χ1) is 9.19. The number of thioether (sulfide) groups is 1. The second kappa shape index (κ2) is 6.82. The number of hydrogen-bond acceptors (Lipinski definition) is 4. The highest BCUT2D eigenvalue weighted by molar-refractivity contribution is 8.00. The van der Waals surface area contributed by atoms with Crippen molar-refractivity contribution in [3.8, 4) is 5.75 Å². The lowest BCUT2D eigenvalue weighted by Crippen LogP contribution is -2.46. The maximum Gasteiger partial charge on any atom is 0.232 e. The van der Waals surface area contributed by atoms with Crippen LogP contribution >= 0.6 is 11.8 Å². The molecule has 1 aliphatic rings. The summed E-state index contributed by atoms with van der Waals surface area (Å²) in [5.41, 5.74) is 5.89. The van der Waals surface area contributed by atoms with E-state index in [-0.39, 0.29) is 11.9 Å². The highest BCUT2D eigenvalue weighted by Gasteiger charge is 2.20. The van der Waals surface area contributed by atoms with Crippen molar-refractivity contribution in [3.63, 3.8) is 0 Å². The van der Waals surface area contributed by atoms with Crippen molar-refractivity contribution in [2.75, 3.05) is 26.0 Å². The number of benzene rings is 1. The third-order valence-corrected chi connectivity index (χ3v) is 4.19. The van der Waals surface area contributed by atoms with E-state index >= 15 is 0 Å². The van der Waals surface area contributed by atoms with Crippen LogP contribution in [0.4, 0.5) is 0 Å². The van der Waals surface area contributed by atoms with Crippen LogP contribution in [0, 0.1) is 0 Å². The number of nitrogens with zero attached hydrogens (tertiary/aromatic N) is 1. The molecule has 4 nitrogen and oxygen atoms in total. The third kappa shape index (κ3) is 4.14. The molecule has 104 valence electrons. The average Bonchev–Trinajstić information content (AvgIpc) is 2.45. The molecule has 0 spiro atoms. The van der Waals surface area contributed by atoms with E-state index in [0.717, 1.165) is 30.0 Å². The number of carbonyl (C=O) groups excluding carboxylic acids is 1. The molecule has 0 aromatic heterocycles. The van der Waals surface area contributed by atoms with Crippen LogP contribution in [0.3, 0.4) is 0 Å². The lowest BCUT2D eigenvalue weighted by molar-refractivity contribution is -0.129. The molecule has 0 saturated carbocycles. The molecule has 1 aromatic carbocycles. The predicted molar refractivity (Wildman–Crippen MR) is 77.5 cm³/mol. The largest absolute Gasteiger partial charge is 0.497 e. The maximum atomic E-state index is 12.1. The van der Waals surface area contributed by atoms with Gasteiger partial charge in [0, 0.05) is 24.0 Å². The Kier molecular flexibility index (Phi) is 5.10. The van der Waals surface area contributed by atoms with Gasteiger partial charge in [0.25, 0.3) is 0 Å². The molecule has 1 aromatic rings. The van der Waals surface area contributed by atoms with Crippen molar-refractivity contribution >= 4 is 17.7 Å². The Morgan fingerprint density at radius 2 is 2.42 bits per heavy atom. The summed E-state index contributed by atoms with van der Waals surface area (Å²) in [6.45, 7) is 1.53. The molecule has 5 heteroatoms. The Bertz CT molecular complexity index is 439. The third-order valence-electron chi connectivity index (χ3n) is 3.21. The molecule has 1 saturated heterocycles. The number of rotatable bonds is 4. The van der Waals surface area contributed by atoms with Gasteiger partial charge in [0.1, 0.15) is 5.75 Å². The summed E-state index contributed by atoms with van der Waals surface area (Å²) in [5.74, 6) is 1.44. The fourth-order valence-electron chi connectivity index (χ4n) is 2.16. The molecule has 1 aliphatic heterocycles. The highest BCUT2D eigenvalue weighted by atomic mass is 32.2. The molecule has 1 amide bonds. The summed E-state index contributed by atoms with van der Waals surface area (Å²) < 4.78 is 5.17. The van der Waals surface area contributed by atoms with E-state index in [1.807, 2.05) is 29.2 Å². The molecule has 0 aliphatic carbocycles. The number of amides is 1. The van der Waals surface area contributed by atoms with Crippen molar-refractivity contribution in [1.29, 1.82) is 0 Å². The van der Waals surface area contributed by atoms with Crippen molar-refractivity contribution in [1.82, 2.24) is 4.90 Å². The number of carbonyl (C=O) groups is 1. The maximum absolute atomic E-state index is 12.1. The van der Waals surface area contributed by atoms with Crippen molar-refractivity contribution in [2.45, 2.75) is 23.8 Å². The van der Waals surface area contributed by atoms with Gasteiger partial charge < -0.3 is 15.4 Å². The summed E-state index contributed by atoms with van der Waals surface area (Å²) in [4.78, 5) is 15.0. The van der Waals surface area contributed by atoms with Gasteiger partial charge in [-0.05, 0) is 31.0 Å². The molecule has 19 heavy (non-hydrogen) atoms. The quantitative estimate of drug-likeness (QED) is 0.854. The van der Waals surface area contributed by atoms with Gasteiger partial charge in [0.05, 0.1) is 12.9 Å². The van der Waals surface area contributed by atoms with Crippen LogP contribution in [0.25, 0.3) is 0 Å². The molecule has 2 rings (SSSR count). The molecule has 1 atom stereocenters. The van der Waals surface area contributed by atoms with E-state index in [1.165, 1.54) is 0 Å². The van der Waals surface area contributed by atoms with E-state index in [2.05, 4.69) is 0 Å². The Labute approximate surface area is 118 Å². The van der Waals surface area contributed by atoms with Crippen molar-refractivity contribution in [2.24, 2.45) is 5.73 Å². The predicted octanol–water partition coefficient (Wildman–Crippen LogP) is 1.74. The molecular weight excluding hydrogens is 260 g/mol. The lowest BCUT2D eigenvalue weighted by atomic mass is 10.1. The molecule has 1 heterocycles. The smallest absolute Gasteiger partial charge is 0.232 e. The van der Waals surface area contributed by atoms with E-state index in [0.29, 0.717) is 12.3 Å². The summed E-state index contributed by atoms with van der Waals surface area (Å²) in [6, 6.07) is 7.90. The van der Waals surface area contributed by atoms with Crippen LogP contribution < -0.4 is 10.5 Å². The first-order valence-electron chi connectivity index (χ1n) is 6.49. The molecular formula is C14H20N2O2S. The summed E-state index contributed by atoms with van der Waals surface area (Å²) in [6.07, 6.45) is 2.03. The monoisotopic (exact) mass is 280 g/mol. The van der Waals surface area contributed by atoms with E-state index in [9.17, 15) is 4.79 Å². The van der Waals surface area contributed by atoms with Crippen LogP contribution in [0.15, 0.2) is 29.2 Å². The Balaban J connectivity index is 1.85. The zero-order chi connectivity index (χ0) is 13.7. The normalized spacial score (nSPS) is 19.3. The van der Waals surface area contributed by atoms with Gasteiger partial charge >= 0.3 is 0 Å². The van der Waals surface area contributed by atoms with E-state index in [4.69, 9.17) is 10.5 Å². The second-order valence-electron chi connectivity index (χ2n) is 4.71. The average molecular weight is 280 g/mol. The minimum absolute atomic E-state index is 0.138. The first kappa shape index (κ1) is 14.2. The zero-order valence-corrected chi connectivity index (χ0v) is 12.0. The first-order valence-corrected chi connectivity index (χ1v) is 7.48. The van der Waals surface area contributed by atoms with Gasteiger partial charge in [0.15, 0.2) is 0 Å². The van der Waals surface area contributed by atoms with Gasteiger partial charge in [-0.2, -0.15) is 0 Å². The fourth-order valence-corrected chi connectivity index (χ4v) is 3.01. The fraction of sp³-hybridized carbons (Fsp3) is 0.500. The Morgan fingerprint density at radius 1 is 1.58 bits per heavy atom. The number of methoxy groups -OCH3 is 1. The second-order valence-corrected chi connectivity index (χ2v) is 5.76. The Hall–Kier alpha value is -1.20. The van der Waals surface area contributed by atoms with Gasteiger partial charge in [-0.1, -0.05) is 6.07 Å². The topological polar surface area (TPSA) is 55.6 Å². The molecule has 0 radical (unpaired) electrons. The summed E-state index contributed by atoms with van der Waals surface area (Å²) >= 11 is 1.54. The molecule has 1 fully saturated rings. The summed E-state index contributed by atoms with van der Waals surface area (Å²) in [5, 5.41) is 0. The highest BCUT2D eigenvalue weighted by Crippen LogP contribution is 2.23. The molecule has 2 N–H and O–H groups in total. The van der Waals surface area contributed by atoms with Crippen LogP contribution in [-0.2, 0) is 4.79 Å². The number of ether oxygens (including phenoxy) is 1.